The van der Waals surface area contributed by atoms with Crippen molar-refractivity contribution < 1.29 is 22.4 Å². The highest BCUT2D eigenvalue weighted by molar-refractivity contribution is 7.92. The van der Waals surface area contributed by atoms with Crippen LogP contribution < -0.4 is 9.62 Å². The van der Waals surface area contributed by atoms with Crippen LogP contribution in [-0.2, 0) is 26.2 Å². The Morgan fingerprint density at radius 1 is 1.03 bits per heavy atom. The second-order valence-corrected chi connectivity index (χ2v) is 12.4. The van der Waals surface area contributed by atoms with Crippen LogP contribution in [-0.4, -0.2) is 49.5 Å². The molecule has 0 heterocycles. The second kappa shape index (κ2) is 12.5. The van der Waals surface area contributed by atoms with E-state index in [2.05, 4.69) is 5.32 Å². The zero-order chi connectivity index (χ0) is 28.0. The predicted octanol–water partition coefficient (Wildman–Crippen LogP) is 4.71. The van der Waals surface area contributed by atoms with Gasteiger partial charge in [0.05, 0.1) is 11.9 Å². The quantitative estimate of drug-likeness (QED) is 0.453. The van der Waals surface area contributed by atoms with E-state index in [4.69, 9.17) is 0 Å². The third-order valence-electron chi connectivity index (χ3n) is 6.08. The van der Waals surface area contributed by atoms with Crippen molar-refractivity contribution in [1.29, 1.82) is 0 Å². The van der Waals surface area contributed by atoms with Crippen LogP contribution in [0.4, 0.5) is 10.1 Å². The number of sulfonamides is 1. The largest absolute Gasteiger partial charge is 0.350 e. The lowest BCUT2D eigenvalue weighted by Gasteiger charge is -2.33. The van der Waals surface area contributed by atoms with Gasteiger partial charge in [-0.3, -0.25) is 13.9 Å². The smallest absolute Gasteiger partial charge is 0.243 e. The van der Waals surface area contributed by atoms with Gasteiger partial charge in [-0.25, -0.2) is 12.8 Å². The van der Waals surface area contributed by atoms with Gasteiger partial charge in [0.15, 0.2) is 0 Å². The fourth-order valence-electron chi connectivity index (χ4n) is 4.04. The molecule has 0 spiro atoms. The van der Waals surface area contributed by atoms with Crippen molar-refractivity contribution in [2.75, 3.05) is 17.1 Å². The number of benzene rings is 2. The van der Waals surface area contributed by atoms with Crippen LogP contribution in [0.3, 0.4) is 0 Å². The molecule has 2 aromatic rings. The number of amides is 2. The molecule has 204 valence electrons. The first kappa shape index (κ1) is 30.3. The first-order chi connectivity index (χ1) is 17.1. The molecule has 0 saturated heterocycles. The van der Waals surface area contributed by atoms with Gasteiger partial charge in [-0.15, -0.1) is 0 Å². The van der Waals surface area contributed by atoms with Gasteiger partial charge in [-0.2, -0.15) is 0 Å². The Hall–Kier alpha value is -2.94. The van der Waals surface area contributed by atoms with E-state index in [1.807, 2.05) is 53.7 Å². The molecule has 9 heteroatoms. The summed E-state index contributed by atoms with van der Waals surface area (Å²) in [5.74, 6) is -0.918. The highest BCUT2D eigenvalue weighted by Crippen LogP contribution is 2.22. The van der Waals surface area contributed by atoms with Crippen molar-refractivity contribution >= 4 is 27.5 Å². The summed E-state index contributed by atoms with van der Waals surface area (Å²) < 4.78 is 39.8. The normalized spacial score (nSPS) is 12.6. The Balaban J connectivity index is 2.25. The van der Waals surface area contributed by atoms with Crippen LogP contribution in [0.1, 0.15) is 63.6 Å². The van der Waals surface area contributed by atoms with Gasteiger partial charge in [-0.05, 0) is 88.4 Å². The molecular formula is C28H40FN3O4S. The average Bonchev–Trinajstić information content (AvgIpc) is 2.77. The molecule has 0 saturated carbocycles. The molecule has 0 aliphatic carbocycles. The number of carbonyl (C=O) groups excluding carboxylic acids is 2. The van der Waals surface area contributed by atoms with Crippen LogP contribution in [0.25, 0.3) is 0 Å². The summed E-state index contributed by atoms with van der Waals surface area (Å²) in [6, 6.07) is 10.6. The Morgan fingerprint density at radius 2 is 1.65 bits per heavy atom. The number of hydrogen-bond donors (Lipinski definition) is 1. The highest BCUT2D eigenvalue weighted by atomic mass is 32.2. The Kier molecular flexibility index (Phi) is 10.3. The number of carbonyl (C=O) groups is 2. The SMILES string of the molecule is CC[C@H](C(=O)NC(C)(C)C)N(Cc1ccc(F)cc1)C(=O)CCCN(c1ccc(C)c(C)c1)S(C)(=O)=O. The molecule has 7 nitrogen and oxygen atoms in total. The van der Waals surface area contributed by atoms with Crippen LogP contribution in [0.2, 0.25) is 0 Å². The molecule has 2 rings (SSSR count). The lowest BCUT2D eigenvalue weighted by atomic mass is 10.0. The zero-order valence-corrected chi connectivity index (χ0v) is 23.8. The van der Waals surface area contributed by atoms with Crippen molar-refractivity contribution in [3.05, 3.63) is 65.0 Å². The molecule has 0 aliphatic rings. The Labute approximate surface area is 221 Å². The number of nitrogens with one attached hydrogen (secondary N) is 1. The third-order valence-corrected chi connectivity index (χ3v) is 7.28. The molecule has 1 atom stereocenters. The zero-order valence-electron chi connectivity index (χ0n) is 23.0. The number of aryl methyl sites for hydroxylation is 2. The van der Waals surface area contributed by atoms with Gasteiger partial charge in [0, 0.05) is 25.0 Å². The van der Waals surface area contributed by atoms with Crippen molar-refractivity contribution in [3.63, 3.8) is 0 Å². The Bertz CT molecular complexity index is 1190. The van der Waals surface area contributed by atoms with E-state index in [1.165, 1.54) is 21.3 Å². The maximum atomic E-state index is 13.5. The van der Waals surface area contributed by atoms with E-state index >= 15 is 0 Å². The predicted molar refractivity (Wildman–Crippen MR) is 146 cm³/mol. The summed E-state index contributed by atoms with van der Waals surface area (Å²) in [5, 5.41) is 2.95. The molecule has 0 unspecified atom stereocenters. The molecule has 37 heavy (non-hydrogen) atoms. The topological polar surface area (TPSA) is 86.8 Å². The van der Waals surface area contributed by atoms with Gasteiger partial charge in [0.2, 0.25) is 21.8 Å². The lowest BCUT2D eigenvalue weighted by molar-refractivity contribution is -0.142. The molecule has 0 aliphatic heterocycles. The first-order valence-corrected chi connectivity index (χ1v) is 14.4. The molecule has 2 aromatic carbocycles. The summed E-state index contributed by atoms with van der Waals surface area (Å²) in [7, 11) is -3.56. The molecule has 2 amide bonds. The van der Waals surface area contributed by atoms with E-state index in [0.29, 0.717) is 17.7 Å². The highest BCUT2D eigenvalue weighted by Gasteiger charge is 2.30. The van der Waals surface area contributed by atoms with Gasteiger partial charge < -0.3 is 10.2 Å². The van der Waals surface area contributed by atoms with Gasteiger partial charge in [-0.1, -0.05) is 25.1 Å². The molecule has 1 N–H and O–H groups in total. The number of halogens is 1. The minimum absolute atomic E-state index is 0.0529. The maximum absolute atomic E-state index is 13.5. The van der Waals surface area contributed by atoms with Crippen molar-refractivity contribution in [3.8, 4) is 0 Å². The Morgan fingerprint density at radius 3 is 2.16 bits per heavy atom. The van der Waals surface area contributed by atoms with Crippen LogP contribution in [0.15, 0.2) is 42.5 Å². The number of anilines is 1. The van der Waals surface area contributed by atoms with Crippen molar-refractivity contribution in [1.82, 2.24) is 10.2 Å². The minimum atomic E-state index is -3.56. The number of rotatable bonds is 11. The van der Waals surface area contributed by atoms with Gasteiger partial charge >= 0.3 is 0 Å². The summed E-state index contributed by atoms with van der Waals surface area (Å²) >= 11 is 0. The van der Waals surface area contributed by atoms with Crippen LogP contribution in [0, 0.1) is 19.7 Å². The monoisotopic (exact) mass is 533 g/mol. The molecule has 0 aromatic heterocycles. The maximum Gasteiger partial charge on any atom is 0.243 e. The summed E-state index contributed by atoms with van der Waals surface area (Å²) in [6.07, 6.45) is 1.87. The minimum Gasteiger partial charge on any atom is -0.350 e. The second-order valence-electron chi connectivity index (χ2n) is 10.5. The number of hydrogen-bond acceptors (Lipinski definition) is 4. The fraction of sp³-hybridized carbons (Fsp3) is 0.500. The van der Waals surface area contributed by atoms with Crippen LogP contribution in [0.5, 0.6) is 0 Å². The lowest BCUT2D eigenvalue weighted by Crippen LogP contribution is -2.53. The standard InChI is InChI=1S/C28H40FN3O4S/c1-8-25(27(34)30-28(4,5)6)31(19-22-12-14-23(29)15-13-22)26(33)10-9-17-32(37(7,35)36)24-16-11-20(2)21(3)18-24/h11-16,18,25H,8-10,17,19H2,1-7H3,(H,30,34)/t25-/m1/s1. The van der Waals surface area contributed by atoms with E-state index in [1.54, 1.807) is 18.2 Å². The number of nitrogens with zero attached hydrogens (tertiary/aromatic N) is 2. The first-order valence-electron chi connectivity index (χ1n) is 12.5. The molecule has 0 radical (unpaired) electrons. The summed E-state index contributed by atoms with van der Waals surface area (Å²) in [5.41, 5.74) is 2.81. The summed E-state index contributed by atoms with van der Waals surface area (Å²) in [6.45, 7) is 11.6. The third kappa shape index (κ3) is 9.14. The van der Waals surface area contributed by atoms with E-state index in [9.17, 15) is 22.4 Å². The molecular weight excluding hydrogens is 493 g/mol. The van der Waals surface area contributed by atoms with Crippen molar-refractivity contribution in [2.24, 2.45) is 0 Å². The molecule has 0 bridgehead atoms. The van der Waals surface area contributed by atoms with Gasteiger partial charge in [0.1, 0.15) is 11.9 Å². The van der Waals surface area contributed by atoms with Gasteiger partial charge in [0.25, 0.3) is 0 Å². The fourth-order valence-corrected chi connectivity index (χ4v) is 5.00. The van der Waals surface area contributed by atoms with E-state index in [0.717, 1.165) is 17.4 Å². The van der Waals surface area contributed by atoms with Crippen LogP contribution >= 0.6 is 0 Å². The summed E-state index contributed by atoms with van der Waals surface area (Å²) in [4.78, 5) is 28.0. The van der Waals surface area contributed by atoms with E-state index < -0.39 is 21.6 Å². The van der Waals surface area contributed by atoms with Crippen molar-refractivity contribution in [2.45, 2.75) is 78.9 Å². The average molecular weight is 534 g/mol. The van der Waals surface area contributed by atoms with E-state index in [-0.39, 0.29) is 43.6 Å². The molecule has 0 fully saturated rings.